The second-order valence-corrected chi connectivity index (χ2v) is 5.73. The number of ether oxygens (including phenoxy) is 1. The molecule has 0 aromatic heterocycles. The molecule has 0 spiro atoms. The van der Waals surface area contributed by atoms with Crippen molar-refractivity contribution in [3.05, 3.63) is 29.3 Å². The first-order valence-electron chi connectivity index (χ1n) is 7.38. The number of amides is 2. The number of esters is 1. The van der Waals surface area contributed by atoms with E-state index >= 15 is 0 Å². The molecular formula is C15H13F5N2O5. The second-order valence-electron chi connectivity index (χ2n) is 5.73. The van der Waals surface area contributed by atoms with Crippen LogP contribution in [0.3, 0.4) is 0 Å². The number of carbonyl (C=O) groups is 3. The number of aliphatic carboxylic acids is 1. The van der Waals surface area contributed by atoms with Crippen LogP contribution in [0.1, 0.15) is 10.4 Å². The van der Waals surface area contributed by atoms with Gasteiger partial charge in [-0.1, -0.05) is 0 Å². The molecule has 12 heteroatoms. The van der Waals surface area contributed by atoms with E-state index in [4.69, 9.17) is 5.11 Å². The second kappa shape index (κ2) is 7.37. The number of methoxy groups -OCH3 is 1. The molecule has 2 N–H and O–H groups in total. The van der Waals surface area contributed by atoms with E-state index < -0.39 is 72.0 Å². The van der Waals surface area contributed by atoms with E-state index in [1.165, 1.54) is 0 Å². The summed E-state index contributed by atoms with van der Waals surface area (Å²) in [7, 11) is 0.941. The van der Waals surface area contributed by atoms with Crippen molar-refractivity contribution in [2.24, 2.45) is 11.8 Å². The van der Waals surface area contributed by atoms with E-state index in [1.807, 2.05) is 5.32 Å². The van der Waals surface area contributed by atoms with Crippen LogP contribution in [0.15, 0.2) is 12.1 Å². The average Bonchev–Trinajstić information content (AvgIpc) is 3.02. The van der Waals surface area contributed by atoms with Crippen molar-refractivity contribution in [3.8, 4) is 0 Å². The van der Waals surface area contributed by atoms with Crippen LogP contribution in [0.2, 0.25) is 0 Å². The molecule has 0 saturated carbocycles. The van der Waals surface area contributed by atoms with Crippen molar-refractivity contribution < 1.29 is 46.2 Å². The Morgan fingerprint density at radius 3 is 2.30 bits per heavy atom. The van der Waals surface area contributed by atoms with Crippen molar-refractivity contribution in [3.63, 3.8) is 0 Å². The van der Waals surface area contributed by atoms with Crippen molar-refractivity contribution in [2.75, 3.05) is 25.5 Å². The summed E-state index contributed by atoms with van der Waals surface area (Å²) in [6.07, 6.45) is -4.85. The summed E-state index contributed by atoms with van der Waals surface area (Å²) >= 11 is 0. The molecule has 1 saturated heterocycles. The topological polar surface area (TPSA) is 95.9 Å². The lowest BCUT2D eigenvalue weighted by molar-refractivity contribution is -0.187. The molecule has 2 atom stereocenters. The normalized spacial score (nSPS) is 19.7. The van der Waals surface area contributed by atoms with Crippen LogP contribution in [-0.2, 0) is 9.53 Å². The number of anilines is 1. The number of rotatable bonds is 3. The Morgan fingerprint density at radius 2 is 1.81 bits per heavy atom. The van der Waals surface area contributed by atoms with Crippen LogP contribution in [0, 0.1) is 23.5 Å². The highest BCUT2D eigenvalue weighted by Crippen LogP contribution is 2.38. The molecule has 0 bridgehead atoms. The van der Waals surface area contributed by atoms with Gasteiger partial charge in [-0.05, 0) is 6.07 Å². The molecule has 148 valence electrons. The zero-order valence-electron chi connectivity index (χ0n) is 13.6. The largest absolute Gasteiger partial charge is 0.481 e. The highest BCUT2D eigenvalue weighted by molar-refractivity contribution is 5.94. The summed E-state index contributed by atoms with van der Waals surface area (Å²) < 4.78 is 70.5. The number of hydrogen-bond donors (Lipinski definition) is 2. The molecule has 1 fully saturated rings. The maximum Gasteiger partial charge on any atom is 0.394 e. The predicted molar refractivity (Wildman–Crippen MR) is 79.0 cm³/mol. The van der Waals surface area contributed by atoms with Gasteiger partial charge in [0.1, 0.15) is 11.6 Å². The number of benzene rings is 1. The van der Waals surface area contributed by atoms with Gasteiger partial charge in [0.05, 0.1) is 30.2 Å². The fraction of sp³-hybridized carbons (Fsp3) is 0.400. The van der Waals surface area contributed by atoms with Gasteiger partial charge < -0.3 is 20.1 Å². The zero-order chi connectivity index (χ0) is 20.5. The van der Waals surface area contributed by atoms with Crippen molar-refractivity contribution >= 4 is 23.7 Å². The quantitative estimate of drug-likeness (QED) is 0.605. The maximum absolute atomic E-state index is 13.8. The smallest absolute Gasteiger partial charge is 0.394 e. The SMILES string of the molecule is COC(=O)c1cc(NC(=O)N2C[C@@H](C(F)(F)F)[C@H](C(=O)O)C2)c(F)cc1F. The zero-order valence-corrected chi connectivity index (χ0v) is 13.6. The van der Waals surface area contributed by atoms with Crippen LogP contribution in [0.4, 0.5) is 32.4 Å². The third kappa shape index (κ3) is 4.26. The van der Waals surface area contributed by atoms with E-state index in [-0.39, 0.29) is 0 Å². The molecular weight excluding hydrogens is 383 g/mol. The van der Waals surface area contributed by atoms with Crippen LogP contribution in [-0.4, -0.2) is 54.4 Å². The van der Waals surface area contributed by atoms with Gasteiger partial charge in [-0.2, -0.15) is 13.2 Å². The number of carboxylic acid groups (broad SMARTS) is 1. The van der Waals surface area contributed by atoms with E-state index in [0.29, 0.717) is 17.0 Å². The molecule has 1 aromatic carbocycles. The highest BCUT2D eigenvalue weighted by atomic mass is 19.4. The highest BCUT2D eigenvalue weighted by Gasteiger charge is 2.53. The van der Waals surface area contributed by atoms with Gasteiger partial charge in [-0.15, -0.1) is 0 Å². The molecule has 1 aliphatic rings. The Morgan fingerprint density at radius 1 is 1.19 bits per heavy atom. The van der Waals surface area contributed by atoms with E-state index in [0.717, 1.165) is 7.11 Å². The number of carbonyl (C=O) groups excluding carboxylic acids is 2. The Hall–Kier alpha value is -2.92. The predicted octanol–water partition coefficient (Wildman–Crippen LogP) is 2.48. The first kappa shape index (κ1) is 20.4. The number of halogens is 5. The molecule has 0 aliphatic carbocycles. The van der Waals surface area contributed by atoms with Crippen LogP contribution < -0.4 is 5.32 Å². The number of carboxylic acids is 1. The lowest BCUT2D eigenvalue weighted by Gasteiger charge is -2.19. The van der Waals surface area contributed by atoms with Crippen LogP contribution in [0.5, 0.6) is 0 Å². The average molecular weight is 396 g/mol. The number of alkyl halides is 3. The van der Waals surface area contributed by atoms with E-state index in [2.05, 4.69) is 4.74 Å². The van der Waals surface area contributed by atoms with E-state index in [9.17, 15) is 36.3 Å². The molecule has 1 aromatic rings. The number of nitrogens with zero attached hydrogens (tertiary/aromatic N) is 1. The minimum Gasteiger partial charge on any atom is -0.481 e. The van der Waals surface area contributed by atoms with Gasteiger partial charge in [-0.3, -0.25) is 4.79 Å². The minimum atomic E-state index is -4.85. The molecule has 2 amide bonds. The van der Waals surface area contributed by atoms with Crippen LogP contribution in [0.25, 0.3) is 0 Å². The molecule has 0 unspecified atom stereocenters. The standard InChI is InChI=1S/C15H13F5N2O5/c1-27-13(25)6-2-11(10(17)3-9(6)16)21-14(26)22-4-7(12(23)24)8(5-22)15(18,19)20/h2-3,7-8H,4-5H2,1H3,(H,21,26)(H,23,24)/t7-,8-/m1/s1. The number of nitrogens with one attached hydrogen (secondary N) is 1. The number of urea groups is 1. The van der Waals surface area contributed by atoms with Gasteiger partial charge in [-0.25, -0.2) is 18.4 Å². The summed E-state index contributed by atoms with van der Waals surface area (Å²) in [6, 6.07) is -0.306. The summed E-state index contributed by atoms with van der Waals surface area (Å²) in [5, 5.41) is 10.8. The molecule has 1 aliphatic heterocycles. The molecule has 27 heavy (non-hydrogen) atoms. The summed E-state index contributed by atoms with van der Waals surface area (Å²) in [5.41, 5.74) is -1.38. The van der Waals surface area contributed by atoms with E-state index in [1.54, 1.807) is 0 Å². The van der Waals surface area contributed by atoms with Gasteiger partial charge in [0.15, 0.2) is 0 Å². The first-order chi connectivity index (χ1) is 12.5. The van der Waals surface area contributed by atoms with Crippen molar-refractivity contribution in [1.82, 2.24) is 4.90 Å². The third-order valence-corrected chi connectivity index (χ3v) is 4.05. The van der Waals surface area contributed by atoms with Gasteiger partial charge in [0.25, 0.3) is 0 Å². The summed E-state index contributed by atoms with van der Waals surface area (Å²) in [4.78, 5) is 35.1. The first-order valence-corrected chi connectivity index (χ1v) is 7.38. The Kier molecular flexibility index (Phi) is 5.56. The van der Waals surface area contributed by atoms with Crippen LogP contribution >= 0.6 is 0 Å². The monoisotopic (exact) mass is 396 g/mol. The lowest BCUT2D eigenvalue weighted by atomic mass is 9.96. The van der Waals surface area contributed by atoms with Gasteiger partial charge in [0, 0.05) is 19.2 Å². The summed E-state index contributed by atoms with van der Waals surface area (Å²) in [6.45, 7) is -1.70. The third-order valence-electron chi connectivity index (χ3n) is 4.05. The molecule has 0 radical (unpaired) electrons. The molecule has 1 heterocycles. The minimum absolute atomic E-state index is 0.296. The van der Waals surface area contributed by atoms with Gasteiger partial charge in [0.2, 0.25) is 0 Å². The van der Waals surface area contributed by atoms with Gasteiger partial charge >= 0.3 is 24.1 Å². The van der Waals surface area contributed by atoms with Crippen molar-refractivity contribution in [2.45, 2.75) is 6.18 Å². The Labute approximate surface area is 148 Å². The molecule has 2 rings (SSSR count). The fourth-order valence-electron chi connectivity index (χ4n) is 2.66. The number of hydrogen-bond acceptors (Lipinski definition) is 4. The summed E-state index contributed by atoms with van der Waals surface area (Å²) in [5.74, 6) is -9.60. The Balaban J connectivity index is 2.23. The Bertz CT molecular complexity index is 783. The fourth-order valence-corrected chi connectivity index (χ4v) is 2.66. The molecule has 7 nitrogen and oxygen atoms in total. The lowest BCUT2D eigenvalue weighted by Crippen LogP contribution is -2.35. The van der Waals surface area contributed by atoms with Crippen molar-refractivity contribution in [1.29, 1.82) is 0 Å². The number of likely N-dealkylation sites (tertiary alicyclic amines) is 1. The maximum atomic E-state index is 13.8.